The van der Waals surface area contributed by atoms with Gasteiger partial charge in [0.1, 0.15) is 35.2 Å². The number of halogens is 2. The number of carbonyl (C=O) groups is 4. The number of hydrogen-bond acceptors (Lipinski definition) is 12. The van der Waals surface area contributed by atoms with Gasteiger partial charge in [0.05, 0.1) is 29.2 Å². The van der Waals surface area contributed by atoms with Crippen LogP contribution in [0.5, 0.6) is 11.5 Å². The maximum atomic E-state index is 13.7. The Kier molecular flexibility index (Phi) is 13.6. The van der Waals surface area contributed by atoms with E-state index in [4.69, 9.17) is 37.7 Å². The number of fused-ring (bicyclic) bond motifs is 1. The number of H-pyrrole nitrogens is 1. The average Bonchev–Trinajstić information content (AvgIpc) is 3.76. The Morgan fingerprint density at radius 3 is 2.32 bits per heavy atom. The Morgan fingerprint density at radius 1 is 0.864 bits per heavy atom. The maximum Gasteiger partial charge on any atom is 0.249 e. The summed E-state index contributed by atoms with van der Waals surface area (Å²) in [5.41, 5.74) is 5.05. The summed E-state index contributed by atoms with van der Waals surface area (Å²) in [6, 6.07) is 15.2. The number of carbonyl (C=O) groups excluding carboxylic acids is 4. The number of piperidine rings is 3. The molecule has 9 rings (SSSR count). The van der Waals surface area contributed by atoms with E-state index in [2.05, 4.69) is 41.7 Å². The van der Waals surface area contributed by atoms with E-state index in [-0.39, 0.29) is 35.5 Å². The van der Waals surface area contributed by atoms with Crippen LogP contribution in [-0.2, 0) is 19.2 Å². The van der Waals surface area contributed by atoms with E-state index in [1.54, 1.807) is 19.5 Å². The molecule has 3 N–H and O–H groups in total. The highest BCUT2D eigenvalue weighted by Gasteiger charge is 2.34. The summed E-state index contributed by atoms with van der Waals surface area (Å²) in [5, 5.41) is 15.1. The van der Waals surface area contributed by atoms with Gasteiger partial charge >= 0.3 is 0 Å². The number of nitrogens with zero attached hydrogens (tertiary/aromatic N) is 7. The highest BCUT2D eigenvalue weighted by atomic mass is 35.5. The normalized spacial score (nSPS) is 19.5. The molecule has 66 heavy (non-hydrogen) atoms. The molecule has 0 bridgehead atoms. The fourth-order valence-electron chi connectivity index (χ4n) is 9.73. The second-order valence-corrected chi connectivity index (χ2v) is 18.4. The molecule has 0 saturated carbocycles. The van der Waals surface area contributed by atoms with Gasteiger partial charge in [0.15, 0.2) is 0 Å². The lowest BCUT2D eigenvalue weighted by atomic mass is 9.88. The smallest absolute Gasteiger partial charge is 0.249 e. The van der Waals surface area contributed by atoms with Crippen LogP contribution in [0.2, 0.25) is 10.0 Å². The molecule has 4 aliphatic heterocycles. The zero-order valence-corrected chi connectivity index (χ0v) is 38.6. The van der Waals surface area contributed by atoms with E-state index in [9.17, 15) is 19.2 Å². The number of nitrogens with one attached hydrogen (secondary N) is 3. The Labute approximate surface area is 393 Å². The SMILES string of the molecule is COc1cc(NC2CCC(=O)NC2=O)ccc1C1CCN(CC(=O)N2CCC(C(=O)N3CCN(c4ccc(-c5n[nH]c6ccc(O[C@H](C)c7c(Cl)cncc7Cl)cc56)cn4)CC3)CC2)CC1. The Bertz CT molecular complexity index is 2570. The van der Waals surface area contributed by atoms with Crippen molar-refractivity contribution in [3.05, 3.63) is 88.3 Å². The number of pyridine rings is 2. The molecule has 4 aliphatic rings. The minimum absolute atomic E-state index is 0.0848. The van der Waals surface area contributed by atoms with Gasteiger partial charge in [0.2, 0.25) is 23.6 Å². The highest BCUT2D eigenvalue weighted by Crippen LogP contribution is 2.38. The fourth-order valence-corrected chi connectivity index (χ4v) is 10.4. The van der Waals surface area contributed by atoms with Crippen LogP contribution in [0.3, 0.4) is 0 Å². The van der Waals surface area contributed by atoms with Gasteiger partial charge in [0.25, 0.3) is 0 Å². The molecule has 3 aromatic heterocycles. The first-order chi connectivity index (χ1) is 32.0. The second-order valence-electron chi connectivity index (χ2n) is 17.6. The van der Waals surface area contributed by atoms with Crippen molar-refractivity contribution in [2.45, 2.75) is 63.5 Å². The van der Waals surface area contributed by atoms with Crippen LogP contribution in [0.4, 0.5) is 11.5 Å². The van der Waals surface area contributed by atoms with E-state index in [1.165, 1.54) is 0 Å². The third-order valence-corrected chi connectivity index (χ3v) is 14.1. The van der Waals surface area contributed by atoms with Crippen LogP contribution >= 0.6 is 23.2 Å². The van der Waals surface area contributed by atoms with E-state index in [0.29, 0.717) is 92.9 Å². The molecule has 4 saturated heterocycles. The van der Waals surface area contributed by atoms with Crippen LogP contribution in [0.1, 0.15) is 68.6 Å². The lowest BCUT2D eigenvalue weighted by molar-refractivity contribution is -0.141. The van der Waals surface area contributed by atoms with Crippen molar-refractivity contribution < 1.29 is 28.7 Å². The van der Waals surface area contributed by atoms with Crippen LogP contribution in [-0.4, -0.2) is 131 Å². The first-order valence-corrected chi connectivity index (χ1v) is 23.5. The summed E-state index contributed by atoms with van der Waals surface area (Å²) >= 11 is 12.8. The van der Waals surface area contributed by atoms with Crippen LogP contribution in [0.15, 0.2) is 67.1 Å². The number of ether oxygens (including phenoxy) is 2. The number of anilines is 2. The molecule has 4 amide bonds. The number of imide groups is 1. The van der Waals surface area contributed by atoms with E-state index < -0.39 is 12.1 Å². The van der Waals surface area contributed by atoms with E-state index >= 15 is 0 Å². The molecule has 346 valence electrons. The third kappa shape index (κ3) is 9.91. The van der Waals surface area contributed by atoms with Crippen molar-refractivity contribution in [3.63, 3.8) is 0 Å². The zero-order valence-electron chi connectivity index (χ0n) is 37.1. The molecule has 4 fully saturated rings. The fraction of sp³-hybridized carbons (Fsp3) is 0.438. The topological polar surface area (TPSA) is 178 Å². The molecule has 18 heteroatoms. The van der Waals surface area contributed by atoms with Crippen molar-refractivity contribution in [1.82, 2.24) is 40.2 Å². The molecule has 7 heterocycles. The predicted molar refractivity (Wildman–Crippen MR) is 252 cm³/mol. The first-order valence-electron chi connectivity index (χ1n) is 22.7. The minimum atomic E-state index is -0.464. The lowest BCUT2D eigenvalue weighted by Crippen LogP contribution is -2.52. The molecule has 0 spiro atoms. The molecule has 0 aliphatic carbocycles. The summed E-state index contributed by atoms with van der Waals surface area (Å²) in [6.07, 6.45) is 8.43. The van der Waals surface area contributed by atoms with Crippen molar-refractivity contribution in [2.75, 3.05) is 76.2 Å². The van der Waals surface area contributed by atoms with Crippen LogP contribution < -0.4 is 25.0 Å². The molecule has 5 aromatic rings. The summed E-state index contributed by atoms with van der Waals surface area (Å²) in [4.78, 5) is 68.1. The largest absolute Gasteiger partial charge is 0.496 e. The van der Waals surface area contributed by atoms with Gasteiger partial charge in [-0.05, 0) is 100.0 Å². The summed E-state index contributed by atoms with van der Waals surface area (Å²) in [6.45, 7) is 7.65. The minimum Gasteiger partial charge on any atom is -0.496 e. The molecule has 1 unspecified atom stereocenters. The lowest BCUT2D eigenvalue weighted by Gasteiger charge is -2.39. The highest BCUT2D eigenvalue weighted by molar-refractivity contribution is 6.35. The monoisotopic (exact) mass is 936 g/mol. The summed E-state index contributed by atoms with van der Waals surface area (Å²) < 4.78 is 12.0. The number of likely N-dealkylation sites (tertiary alicyclic amines) is 2. The van der Waals surface area contributed by atoms with Crippen molar-refractivity contribution in [1.29, 1.82) is 0 Å². The number of aromatic amines is 1. The number of rotatable bonds is 12. The maximum absolute atomic E-state index is 13.7. The third-order valence-electron chi connectivity index (χ3n) is 13.5. The van der Waals surface area contributed by atoms with Gasteiger partial charge < -0.3 is 29.5 Å². The number of aromatic nitrogens is 4. The first kappa shape index (κ1) is 45.2. The zero-order chi connectivity index (χ0) is 45.9. The molecule has 16 nitrogen and oxygen atoms in total. The number of methoxy groups -OCH3 is 1. The predicted octanol–water partition coefficient (Wildman–Crippen LogP) is 6.46. The Balaban J connectivity index is 0.710. The second kappa shape index (κ2) is 19.9. The standard InChI is InChI=1S/C48H54Cl2N10O6/c1-29(45-37(49)26-51-27-38(45)50)66-34-5-7-39-36(24-34)46(56-55-39)32-3-9-42(52-25-32)58-19-21-60(22-20-58)48(64)31-13-17-59(18-14-31)44(62)28-57-15-11-30(12-16-57)35-6-4-33(23-41(35)65-2)53-40-8-10-43(61)54-47(40)63/h3-7,9,23-27,29-31,40,53H,8,10-22,28H2,1-2H3,(H,55,56)(H,54,61,63)/t29-,40?/m1/s1. The molecule has 2 aromatic carbocycles. The number of hydrogen-bond donors (Lipinski definition) is 3. The average molecular weight is 938 g/mol. The van der Waals surface area contributed by atoms with Gasteiger partial charge in [0, 0.05) is 98.5 Å². The van der Waals surface area contributed by atoms with Crippen LogP contribution in [0.25, 0.3) is 22.2 Å². The van der Waals surface area contributed by atoms with E-state index in [0.717, 1.165) is 70.9 Å². The quantitative estimate of drug-likeness (QED) is 0.117. The summed E-state index contributed by atoms with van der Waals surface area (Å²) in [5.74, 6) is 2.21. The molecule has 0 radical (unpaired) electrons. The Hall–Kier alpha value is -5.97. The van der Waals surface area contributed by atoms with Gasteiger partial charge in [-0.1, -0.05) is 29.3 Å². The molecular formula is C48H54Cl2N10O6. The van der Waals surface area contributed by atoms with Gasteiger partial charge in [-0.15, -0.1) is 0 Å². The van der Waals surface area contributed by atoms with Crippen molar-refractivity contribution >= 4 is 69.2 Å². The van der Waals surface area contributed by atoms with Gasteiger partial charge in [-0.25, -0.2) is 4.98 Å². The molecule has 2 atom stereocenters. The number of piperazine rings is 1. The summed E-state index contributed by atoms with van der Waals surface area (Å²) in [7, 11) is 1.65. The van der Waals surface area contributed by atoms with Crippen molar-refractivity contribution in [2.24, 2.45) is 5.92 Å². The van der Waals surface area contributed by atoms with Crippen LogP contribution in [0, 0.1) is 5.92 Å². The Morgan fingerprint density at radius 2 is 1.62 bits per heavy atom. The van der Waals surface area contributed by atoms with Crippen molar-refractivity contribution in [3.8, 4) is 22.8 Å². The molecular weight excluding hydrogens is 883 g/mol. The number of benzene rings is 2. The van der Waals surface area contributed by atoms with Gasteiger partial charge in [-0.2, -0.15) is 5.10 Å². The number of amides is 4. The van der Waals surface area contributed by atoms with E-state index in [1.807, 2.05) is 65.4 Å². The van der Waals surface area contributed by atoms with Gasteiger partial charge in [-0.3, -0.25) is 39.5 Å².